The van der Waals surface area contributed by atoms with Crippen LogP contribution in [0.25, 0.3) is 0 Å². The third-order valence-electron chi connectivity index (χ3n) is 4.84. The van der Waals surface area contributed by atoms with E-state index in [9.17, 15) is 13.2 Å². The van der Waals surface area contributed by atoms with E-state index in [0.717, 1.165) is 23.1 Å². The number of carbonyl (C=O) groups excluding carboxylic acids is 1. The maximum atomic E-state index is 13.2. The Hall–Kier alpha value is -2.96. The van der Waals surface area contributed by atoms with Gasteiger partial charge in [0.25, 0.3) is 5.91 Å². The quantitative estimate of drug-likeness (QED) is 0.571. The predicted octanol–water partition coefficient (Wildman–Crippen LogP) is 4.20. The van der Waals surface area contributed by atoms with Crippen molar-refractivity contribution in [3.8, 4) is 0 Å². The van der Waals surface area contributed by atoms with Gasteiger partial charge in [0.05, 0.1) is 10.9 Å². The summed E-state index contributed by atoms with van der Waals surface area (Å²) in [6.07, 6.45) is 0.806. The van der Waals surface area contributed by atoms with E-state index in [1.54, 1.807) is 13.0 Å². The molecule has 3 aromatic rings. The topological polar surface area (TPSA) is 75.3 Å². The monoisotopic (exact) mass is 422 g/mol. The van der Waals surface area contributed by atoms with E-state index in [1.807, 2.05) is 67.6 Å². The summed E-state index contributed by atoms with van der Waals surface area (Å²) < 4.78 is 29.3. The van der Waals surface area contributed by atoms with E-state index in [0.29, 0.717) is 12.1 Å². The predicted molar refractivity (Wildman–Crippen MR) is 119 cm³/mol. The normalized spacial score (nSPS) is 11.4. The molecule has 0 bridgehead atoms. The summed E-state index contributed by atoms with van der Waals surface area (Å²) in [6, 6.07) is 22.9. The van der Waals surface area contributed by atoms with Gasteiger partial charge < -0.3 is 5.32 Å². The lowest BCUT2D eigenvalue weighted by Gasteiger charge is -2.20. The fourth-order valence-corrected chi connectivity index (χ4v) is 4.43. The first kappa shape index (κ1) is 21.7. The van der Waals surface area contributed by atoms with Crippen LogP contribution in [0.15, 0.2) is 83.8 Å². The molecule has 0 radical (unpaired) electrons. The number of rotatable bonds is 8. The van der Waals surface area contributed by atoms with Crippen molar-refractivity contribution >= 4 is 15.9 Å². The summed E-state index contributed by atoms with van der Waals surface area (Å²) >= 11 is 0. The van der Waals surface area contributed by atoms with Crippen LogP contribution in [0.5, 0.6) is 0 Å². The zero-order valence-electron chi connectivity index (χ0n) is 17.1. The van der Waals surface area contributed by atoms with Gasteiger partial charge in [-0.1, -0.05) is 73.7 Å². The summed E-state index contributed by atoms with van der Waals surface area (Å²) in [5, 5.41) is 2.81. The second kappa shape index (κ2) is 9.69. The summed E-state index contributed by atoms with van der Waals surface area (Å²) in [5.41, 5.74) is 2.76. The Morgan fingerprint density at radius 1 is 0.900 bits per heavy atom. The molecule has 5 nitrogen and oxygen atoms in total. The van der Waals surface area contributed by atoms with Gasteiger partial charge in [-0.05, 0) is 42.2 Å². The lowest BCUT2D eigenvalue weighted by molar-refractivity contribution is 0.0953. The zero-order chi connectivity index (χ0) is 21.6. The minimum Gasteiger partial charge on any atom is -0.352 e. The number of carbonyl (C=O) groups is 1. The largest absolute Gasteiger partial charge is 0.352 e. The van der Waals surface area contributed by atoms with E-state index in [1.165, 1.54) is 12.1 Å². The molecular formula is C24H26N2O3S. The number of sulfonamides is 1. The summed E-state index contributed by atoms with van der Waals surface area (Å²) in [6.45, 7) is 4.30. The molecule has 0 aliphatic carbocycles. The Kier molecular flexibility index (Phi) is 7.03. The van der Waals surface area contributed by atoms with E-state index < -0.39 is 16.1 Å². The average molecular weight is 423 g/mol. The van der Waals surface area contributed by atoms with Gasteiger partial charge in [-0.2, -0.15) is 4.72 Å². The second-order valence-electron chi connectivity index (χ2n) is 7.11. The highest BCUT2D eigenvalue weighted by atomic mass is 32.2. The first-order chi connectivity index (χ1) is 14.4. The average Bonchev–Trinajstić information content (AvgIpc) is 2.77. The highest BCUT2D eigenvalue weighted by Gasteiger charge is 2.24. The van der Waals surface area contributed by atoms with Crippen molar-refractivity contribution in [2.75, 3.05) is 6.54 Å². The smallest absolute Gasteiger partial charge is 0.251 e. The summed E-state index contributed by atoms with van der Waals surface area (Å²) in [5.74, 6) is -0.269. The molecule has 0 heterocycles. The number of hydrogen-bond acceptors (Lipinski definition) is 3. The van der Waals surface area contributed by atoms with E-state index in [-0.39, 0.29) is 10.8 Å². The van der Waals surface area contributed by atoms with Gasteiger partial charge in [-0.25, -0.2) is 8.42 Å². The lowest BCUT2D eigenvalue weighted by atomic mass is 10.00. The third-order valence-corrected chi connectivity index (χ3v) is 6.26. The highest BCUT2D eigenvalue weighted by Crippen LogP contribution is 2.25. The van der Waals surface area contributed by atoms with Crippen LogP contribution in [0.4, 0.5) is 0 Å². The first-order valence-electron chi connectivity index (χ1n) is 9.93. The van der Waals surface area contributed by atoms with Crippen LogP contribution in [0, 0.1) is 6.92 Å². The van der Waals surface area contributed by atoms with E-state index in [4.69, 9.17) is 0 Å². The Labute approximate surface area is 178 Å². The molecule has 2 N–H and O–H groups in total. The van der Waals surface area contributed by atoms with Crippen LogP contribution in [-0.2, 0) is 10.0 Å². The van der Waals surface area contributed by atoms with Crippen LogP contribution in [0.1, 0.15) is 46.4 Å². The van der Waals surface area contributed by atoms with Crippen molar-refractivity contribution < 1.29 is 13.2 Å². The van der Waals surface area contributed by atoms with Gasteiger partial charge in [0.1, 0.15) is 0 Å². The molecule has 1 amide bonds. The molecule has 6 heteroatoms. The van der Waals surface area contributed by atoms with Crippen molar-refractivity contribution in [2.45, 2.75) is 31.2 Å². The first-order valence-corrected chi connectivity index (χ1v) is 11.4. The van der Waals surface area contributed by atoms with Gasteiger partial charge in [-0.15, -0.1) is 0 Å². The SMILES string of the molecule is CCCNC(=O)c1cc(S(=O)(=O)NC(c2ccccc2)c2ccccc2)ccc1C. The Balaban J connectivity index is 1.97. The van der Waals surface area contributed by atoms with Crippen molar-refractivity contribution in [1.82, 2.24) is 10.0 Å². The zero-order valence-corrected chi connectivity index (χ0v) is 17.9. The lowest BCUT2D eigenvalue weighted by Crippen LogP contribution is -2.30. The molecule has 0 aliphatic rings. The van der Waals surface area contributed by atoms with Crippen molar-refractivity contribution in [3.05, 3.63) is 101 Å². The molecule has 0 atom stereocenters. The number of aryl methyl sites for hydroxylation is 1. The second-order valence-corrected chi connectivity index (χ2v) is 8.82. The molecule has 0 saturated heterocycles. The molecule has 3 rings (SSSR count). The third kappa shape index (κ3) is 5.14. The van der Waals surface area contributed by atoms with Gasteiger partial charge in [0.2, 0.25) is 10.0 Å². The maximum absolute atomic E-state index is 13.2. The van der Waals surface area contributed by atoms with Crippen LogP contribution >= 0.6 is 0 Å². The van der Waals surface area contributed by atoms with Crippen LogP contribution < -0.4 is 10.0 Å². The van der Waals surface area contributed by atoms with Crippen LogP contribution in [0.3, 0.4) is 0 Å². The number of amides is 1. The van der Waals surface area contributed by atoms with Gasteiger partial charge in [0, 0.05) is 12.1 Å². The summed E-state index contributed by atoms with van der Waals surface area (Å²) in [7, 11) is -3.88. The molecule has 0 saturated carbocycles. The van der Waals surface area contributed by atoms with Crippen molar-refractivity contribution in [3.63, 3.8) is 0 Å². The maximum Gasteiger partial charge on any atom is 0.251 e. The number of hydrogen-bond donors (Lipinski definition) is 2. The molecule has 30 heavy (non-hydrogen) atoms. The molecule has 0 unspecified atom stereocenters. The minimum atomic E-state index is -3.88. The van der Waals surface area contributed by atoms with Crippen LogP contribution in [0.2, 0.25) is 0 Å². The minimum absolute atomic E-state index is 0.0617. The Morgan fingerprint density at radius 2 is 1.47 bits per heavy atom. The molecular weight excluding hydrogens is 396 g/mol. The Bertz CT molecular complexity index is 1060. The molecule has 0 spiro atoms. The number of benzene rings is 3. The fourth-order valence-electron chi connectivity index (χ4n) is 3.19. The molecule has 0 fully saturated rings. The molecule has 156 valence electrons. The van der Waals surface area contributed by atoms with E-state index >= 15 is 0 Å². The van der Waals surface area contributed by atoms with Gasteiger partial charge >= 0.3 is 0 Å². The molecule has 0 aliphatic heterocycles. The van der Waals surface area contributed by atoms with E-state index in [2.05, 4.69) is 10.0 Å². The standard InChI is InChI=1S/C24H26N2O3S/c1-3-16-25-24(27)22-17-21(15-14-18(22)2)30(28,29)26-23(19-10-6-4-7-11-19)20-12-8-5-9-13-20/h4-15,17,23,26H,3,16H2,1-2H3,(H,25,27). The highest BCUT2D eigenvalue weighted by molar-refractivity contribution is 7.89. The van der Waals surface area contributed by atoms with Crippen molar-refractivity contribution in [1.29, 1.82) is 0 Å². The van der Waals surface area contributed by atoms with Crippen LogP contribution in [-0.4, -0.2) is 20.9 Å². The van der Waals surface area contributed by atoms with Gasteiger partial charge in [-0.3, -0.25) is 4.79 Å². The Morgan fingerprint density at radius 3 is 2.00 bits per heavy atom. The molecule has 3 aromatic carbocycles. The fraction of sp³-hybridized carbons (Fsp3) is 0.208. The van der Waals surface area contributed by atoms with Crippen molar-refractivity contribution in [2.24, 2.45) is 0 Å². The summed E-state index contributed by atoms with van der Waals surface area (Å²) in [4.78, 5) is 12.5. The molecule has 0 aromatic heterocycles. The number of nitrogens with one attached hydrogen (secondary N) is 2. The van der Waals surface area contributed by atoms with Gasteiger partial charge in [0.15, 0.2) is 0 Å².